The van der Waals surface area contributed by atoms with Gasteiger partial charge in [-0.1, -0.05) is 18.2 Å². The molecular weight excluding hydrogens is 380 g/mol. The third-order valence-corrected chi connectivity index (χ3v) is 6.23. The molecule has 0 bridgehead atoms. The first kappa shape index (κ1) is 17.6. The molecule has 3 heterocycles. The van der Waals surface area contributed by atoms with E-state index >= 15 is 0 Å². The Labute approximate surface area is 172 Å². The van der Waals surface area contributed by atoms with Gasteiger partial charge in [-0.3, -0.25) is 0 Å². The maximum atomic E-state index is 10.5. The Morgan fingerprint density at radius 2 is 1.86 bits per heavy atom. The summed E-state index contributed by atoms with van der Waals surface area (Å²) < 4.78 is 2.23. The molecule has 0 saturated carbocycles. The topological polar surface area (TPSA) is 61.2 Å². The van der Waals surface area contributed by atoms with Gasteiger partial charge >= 0.3 is 0 Å². The van der Waals surface area contributed by atoms with Crippen molar-refractivity contribution in [1.82, 2.24) is 9.55 Å². The molecule has 0 radical (unpaired) electrons. The van der Waals surface area contributed by atoms with Crippen LogP contribution in [0.4, 0.5) is 0 Å². The number of hydrogen-bond donors (Lipinski definition) is 3. The van der Waals surface area contributed by atoms with Crippen LogP contribution in [-0.4, -0.2) is 19.8 Å². The van der Waals surface area contributed by atoms with Crippen LogP contribution in [0, 0.1) is 0 Å². The van der Waals surface area contributed by atoms with E-state index in [1.165, 1.54) is 17.0 Å². The van der Waals surface area contributed by atoms with Gasteiger partial charge in [0, 0.05) is 52.6 Å². The van der Waals surface area contributed by atoms with Crippen molar-refractivity contribution < 1.29 is 10.2 Å². The van der Waals surface area contributed by atoms with Crippen molar-refractivity contribution in [2.45, 2.75) is 13.5 Å². The minimum Gasteiger partial charge on any atom is -0.508 e. The number of H-pyrrole nitrogens is 1. The van der Waals surface area contributed by atoms with Crippen molar-refractivity contribution in [1.29, 1.82) is 0 Å². The van der Waals surface area contributed by atoms with Gasteiger partial charge in [-0.25, -0.2) is 0 Å². The van der Waals surface area contributed by atoms with E-state index in [9.17, 15) is 10.2 Å². The summed E-state index contributed by atoms with van der Waals surface area (Å²) in [6, 6.07) is 17.4. The molecule has 0 spiro atoms. The number of rotatable bonds is 4. The van der Waals surface area contributed by atoms with Crippen molar-refractivity contribution in [3.63, 3.8) is 0 Å². The van der Waals surface area contributed by atoms with Crippen LogP contribution >= 0.6 is 11.3 Å². The zero-order valence-corrected chi connectivity index (χ0v) is 16.7. The molecular formula is C24H20N2O2S. The summed E-state index contributed by atoms with van der Waals surface area (Å²) >= 11 is 1.68. The number of thiophene rings is 1. The lowest BCUT2D eigenvalue weighted by Crippen LogP contribution is -1.91. The minimum atomic E-state index is 0.0453. The van der Waals surface area contributed by atoms with Gasteiger partial charge in [-0.2, -0.15) is 0 Å². The number of phenolic OH excluding ortho intramolecular Hbond substituents is 2. The van der Waals surface area contributed by atoms with Crippen molar-refractivity contribution >= 4 is 22.2 Å². The summed E-state index contributed by atoms with van der Waals surface area (Å²) in [5.74, 6) is 0.102. The molecule has 0 saturated heterocycles. The minimum absolute atomic E-state index is 0.0453. The molecule has 0 atom stereocenters. The van der Waals surface area contributed by atoms with E-state index in [-0.39, 0.29) is 11.5 Å². The van der Waals surface area contributed by atoms with Crippen LogP contribution in [0.25, 0.3) is 43.7 Å². The Morgan fingerprint density at radius 1 is 0.966 bits per heavy atom. The van der Waals surface area contributed by atoms with Crippen LogP contribution in [0.15, 0.2) is 72.4 Å². The van der Waals surface area contributed by atoms with E-state index in [0.29, 0.717) is 5.56 Å². The molecule has 29 heavy (non-hydrogen) atoms. The first-order chi connectivity index (χ1) is 14.2. The van der Waals surface area contributed by atoms with Gasteiger partial charge in [0.05, 0.1) is 10.6 Å². The molecule has 3 aromatic heterocycles. The first-order valence-electron chi connectivity index (χ1n) is 9.53. The van der Waals surface area contributed by atoms with Crippen LogP contribution in [0.5, 0.6) is 11.5 Å². The lowest BCUT2D eigenvalue weighted by atomic mass is 9.93. The van der Waals surface area contributed by atoms with Gasteiger partial charge in [-0.15, -0.1) is 11.3 Å². The molecule has 5 heteroatoms. The number of aromatic nitrogens is 2. The van der Waals surface area contributed by atoms with Gasteiger partial charge < -0.3 is 19.8 Å². The summed E-state index contributed by atoms with van der Waals surface area (Å²) in [6.07, 6.45) is 4.05. The van der Waals surface area contributed by atoms with E-state index in [0.717, 1.165) is 33.8 Å². The lowest BCUT2D eigenvalue weighted by Gasteiger charge is -2.11. The second-order valence-electron chi connectivity index (χ2n) is 6.97. The fourth-order valence-corrected chi connectivity index (χ4v) is 4.74. The normalized spacial score (nSPS) is 11.3. The van der Waals surface area contributed by atoms with Crippen molar-refractivity contribution in [3.05, 3.63) is 72.4 Å². The average molecular weight is 401 g/mol. The Morgan fingerprint density at radius 3 is 2.62 bits per heavy atom. The van der Waals surface area contributed by atoms with Crippen LogP contribution < -0.4 is 0 Å². The highest BCUT2D eigenvalue weighted by atomic mass is 32.1. The molecule has 5 rings (SSSR count). The Kier molecular flexibility index (Phi) is 4.18. The van der Waals surface area contributed by atoms with E-state index in [1.54, 1.807) is 23.5 Å². The van der Waals surface area contributed by atoms with Crippen LogP contribution in [0.2, 0.25) is 0 Å². The molecule has 0 aliphatic carbocycles. The molecule has 5 aromatic rings. The number of nitrogens with zero attached hydrogens (tertiary/aromatic N) is 1. The van der Waals surface area contributed by atoms with Crippen molar-refractivity contribution in [2.24, 2.45) is 0 Å². The standard InChI is InChI=1S/C24H20N2O2S/c1-2-26-11-10-16-18(5-3-6-20(16)26)23-19(17-9-8-15(27)13-21(17)28)14-25-24(23)22-7-4-12-29-22/h3-14,25,27-28H,2H2,1H3. The van der Waals surface area contributed by atoms with Crippen LogP contribution in [-0.2, 0) is 6.54 Å². The van der Waals surface area contributed by atoms with E-state index < -0.39 is 0 Å². The highest BCUT2D eigenvalue weighted by Gasteiger charge is 2.21. The predicted octanol–water partition coefficient (Wildman–Crippen LogP) is 6.46. The molecule has 0 fully saturated rings. The fraction of sp³-hybridized carbons (Fsp3) is 0.0833. The Hall–Kier alpha value is -3.44. The summed E-state index contributed by atoms with van der Waals surface area (Å²) in [5.41, 5.74) is 5.96. The van der Waals surface area contributed by atoms with E-state index in [1.807, 2.05) is 12.3 Å². The zero-order chi connectivity index (χ0) is 20.0. The van der Waals surface area contributed by atoms with E-state index in [2.05, 4.69) is 58.4 Å². The Balaban J connectivity index is 1.84. The predicted molar refractivity (Wildman–Crippen MR) is 119 cm³/mol. The van der Waals surface area contributed by atoms with Gasteiger partial charge in [0.15, 0.2) is 0 Å². The molecule has 0 aliphatic rings. The Bertz CT molecular complexity index is 1310. The van der Waals surface area contributed by atoms with Gasteiger partial charge in [0.2, 0.25) is 0 Å². The van der Waals surface area contributed by atoms with Gasteiger partial charge in [0.25, 0.3) is 0 Å². The van der Waals surface area contributed by atoms with Crippen LogP contribution in [0.1, 0.15) is 6.92 Å². The second-order valence-corrected chi connectivity index (χ2v) is 7.92. The molecule has 2 aromatic carbocycles. The van der Waals surface area contributed by atoms with Crippen LogP contribution in [0.3, 0.4) is 0 Å². The first-order valence-corrected chi connectivity index (χ1v) is 10.4. The average Bonchev–Trinajstić information content (AvgIpc) is 3.46. The number of benzene rings is 2. The third-order valence-electron chi connectivity index (χ3n) is 5.34. The lowest BCUT2D eigenvalue weighted by molar-refractivity contribution is 0.452. The highest BCUT2D eigenvalue weighted by Crippen LogP contribution is 2.46. The number of aromatic amines is 1. The SMILES string of the molecule is CCn1ccc2c(-c3c(-c4ccc(O)cc4O)c[nH]c3-c3cccs3)cccc21. The van der Waals surface area contributed by atoms with Gasteiger partial charge in [-0.05, 0) is 48.2 Å². The number of aryl methyl sites for hydroxylation is 1. The number of aromatic hydroxyl groups is 2. The maximum absolute atomic E-state index is 10.5. The summed E-state index contributed by atoms with van der Waals surface area (Å²) in [7, 11) is 0. The number of fused-ring (bicyclic) bond motifs is 1. The maximum Gasteiger partial charge on any atom is 0.127 e. The second kappa shape index (κ2) is 6.87. The summed E-state index contributed by atoms with van der Waals surface area (Å²) in [5, 5.41) is 23.5. The highest BCUT2D eigenvalue weighted by molar-refractivity contribution is 7.13. The number of nitrogens with one attached hydrogen (secondary N) is 1. The van der Waals surface area contributed by atoms with Crippen molar-refractivity contribution in [3.8, 4) is 44.3 Å². The smallest absolute Gasteiger partial charge is 0.127 e. The molecule has 3 N–H and O–H groups in total. The molecule has 0 amide bonds. The molecule has 144 valence electrons. The van der Waals surface area contributed by atoms with E-state index in [4.69, 9.17) is 0 Å². The number of hydrogen-bond acceptors (Lipinski definition) is 3. The summed E-state index contributed by atoms with van der Waals surface area (Å²) in [6.45, 7) is 3.04. The third kappa shape index (κ3) is 2.82. The fourth-order valence-electron chi connectivity index (χ4n) is 4.00. The largest absolute Gasteiger partial charge is 0.508 e. The molecule has 4 nitrogen and oxygen atoms in total. The monoisotopic (exact) mass is 400 g/mol. The summed E-state index contributed by atoms with van der Waals surface area (Å²) in [4.78, 5) is 4.57. The number of phenols is 2. The van der Waals surface area contributed by atoms with Gasteiger partial charge in [0.1, 0.15) is 11.5 Å². The molecule has 0 unspecified atom stereocenters. The molecule has 0 aliphatic heterocycles. The quantitative estimate of drug-likeness (QED) is 0.324. The zero-order valence-electron chi connectivity index (χ0n) is 15.9. The van der Waals surface area contributed by atoms with Crippen molar-refractivity contribution in [2.75, 3.05) is 0 Å².